The van der Waals surface area contributed by atoms with Gasteiger partial charge in [0.25, 0.3) is 9.05 Å². The number of hydrogen-bond donors (Lipinski definition) is 0. The van der Waals surface area contributed by atoms with Gasteiger partial charge in [-0.25, -0.2) is 8.42 Å². The Balaban J connectivity index is 3.20. The third-order valence-corrected chi connectivity index (χ3v) is 3.88. The van der Waals surface area contributed by atoms with Crippen LogP contribution in [0.2, 0.25) is 0 Å². The summed E-state index contributed by atoms with van der Waals surface area (Å²) in [5, 5.41) is 0. The van der Waals surface area contributed by atoms with Crippen molar-refractivity contribution in [2.24, 2.45) is 0 Å². The molecule has 0 aliphatic heterocycles. The zero-order valence-electron chi connectivity index (χ0n) is 7.03. The minimum Gasteiger partial charge on any atom is -0.207 e. The molecule has 0 atom stereocenters. The lowest BCUT2D eigenvalue weighted by atomic mass is 10.4. The molecule has 72 valence electrons. The van der Waals surface area contributed by atoms with Crippen molar-refractivity contribution >= 4 is 31.5 Å². The lowest BCUT2D eigenvalue weighted by molar-refractivity contribution is 0.608. The van der Waals surface area contributed by atoms with Gasteiger partial charge in [-0.05, 0) is 17.9 Å². The molecule has 0 aliphatic carbocycles. The highest BCUT2D eigenvalue weighted by molar-refractivity contribution is 8.14. The second-order valence-corrected chi connectivity index (χ2v) is 6.16. The number of halogens is 1. The molecule has 0 aliphatic rings. The molecular weight excluding hydrogens is 228 g/mol. The van der Waals surface area contributed by atoms with Gasteiger partial charge in [0.05, 0.1) is 4.90 Å². The second-order valence-electron chi connectivity index (χ2n) is 2.32. The third-order valence-electron chi connectivity index (χ3n) is 1.41. The highest BCUT2D eigenvalue weighted by Gasteiger charge is 2.14. The molecule has 0 N–H and O–H groups in total. The molecule has 0 saturated heterocycles. The zero-order valence-corrected chi connectivity index (χ0v) is 9.42. The first-order valence-corrected chi connectivity index (χ1v) is 7.01. The predicted molar refractivity (Wildman–Crippen MR) is 55.9 cm³/mol. The highest BCUT2D eigenvalue weighted by Crippen LogP contribution is 2.28. The normalized spacial score (nSPS) is 11.5. The molecule has 0 bridgehead atoms. The van der Waals surface area contributed by atoms with E-state index < -0.39 is 9.05 Å². The van der Waals surface area contributed by atoms with E-state index in [-0.39, 0.29) is 4.90 Å². The Morgan fingerprint density at radius 2 is 2.00 bits per heavy atom. The Morgan fingerprint density at radius 1 is 1.38 bits per heavy atom. The molecule has 0 unspecified atom stereocenters. The molecule has 0 heterocycles. The lowest BCUT2D eigenvalue weighted by Gasteiger charge is -2.03. The Hall–Kier alpha value is -0.190. The van der Waals surface area contributed by atoms with Crippen LogP contribution in [0.25, 0.3) is 0 Å². The van der Waals surface area contributed by atoms with Crippen molar-refractivity contribution in [3.05, 3.63) is 24.3 Å². The summed E-state index contributed by atoms with van der Waals surface area (Å²) >= 11 is 1.47. The van der Waals surface area contributed by atoms with Gasteiger partial charge in [-0.3, -0.25) is 0 Å². The molecule has 0 radical (unpaired) electrons. The number of benzene rings is 1. The maximum atomic E-state index is 11.1. The maximum Gasteiger partial charge on any atom is 0.262 e. The van der Waals surface area contributed by atoms with Gasteiger partial charge >= 0.3 is 0 Å². The number of thioether (sulfide) groups is 1. The van der Waals surface area contributed by atoms with E-state index in [2.05, 4.69) is 0 Å². The van der Waals surface area contributed by atoms with Gasteiger partial charge in [-0.1, -0.05) is 19.1 Å². The first-order valence-electron chi connectivity index (χ1n) is 3.72. The summed E-state index contributed by atoms with van der Waals surface area (Å²) in [6.45, 7) is 1.96. The fourth-order valence-corrected chi connectivity index (χ4v) is 3.22. The van der Waals surface area contributed by atoms with Gasteiger partial charge in [0.1, 0.15) is 0 Å². The topological polar surface area (TPSA) is 34.1 Å². The molecular formula is C8H9ClO2S2. The van der Waals surface area contributed by atoms with Crippen molar-refractivity contribution in [3.8, 4) is 0 Å². The Bertz CT molecular complexity index is 387. The molecule has 0 saturated carbocycles. The number of rotatable bonds is 3. The lowest BCUT2D eigenvalue weighted by Crippen LogP contribution is -1.92. The van der Waals surface area contributed by atoms with Gasteiger partial charge in [0, 0.05) is 15.6 Å². The van der Waals surface area contributed by atoms with E-state index >= 15 is 0 Å². The molecule has 13 heavy (non-hydrogen) atoms. The molecule has 1 aromatic rings. The molecule has 1 rings (SSSR count). The largest absolute Gasteiger partial charge is 0.262 e. The number of hydrogen-bond acceptors (Lipinski definition) is 3. The van der Waals surface area contributed by atoms with Crippen LogP contribution in [-0.2, 0) is 9.05 Å². The third kappa shape index (κ3) is 2.90. The average Bonchev–Trinajstić information content (AvgIpc) is 2.04. The van der Waals surface area contributed by atoms with Crippen LogP contribution >= 0.6 is 22.4 Å². The van der Waals surface area contributed by atoms with E-state index in [1.807, 2.05) is 6.92 Å². The Kier molecular flexibility index (Phi) is 3.64. The summed E-state index contributed by atoms with van der Waals surface area (Å²) in [6, 6.07) is 6.72. The predicted octanol–water partition coefficient (Wildman–Crippen LogP) is 2.73. The second kappa shape index (κ2) is 4.35. The Morgan fingerprint density at radius 3 is 2.54 bits per heavy atom. The summed E-state index contributed by atoms with van der Waals surface area (Å²) in [6.07, 6.45) is 0. The van der Waals surface area contributed by atoms with Crippen molar-refractivity contribution in [1.82, 2.24) is 0 Å². The molecule has 0 amide bonds. The van der Waals surface area contributed by atoms with E-state index in [0.29, 0.717) is 4.90 Å². The van der Waals surface area contributed by atoms with Crippen LogP contribution in [0.3, 0.4) is 0 Å². The average molecular weight is 237 g/mol. The zero-order chi connectivity index (χ0) is 9.90. The fourth-order valence-electron chi connectivity index (χ4n) is 0.926. The van der Waals surface area contributed by atoms with Crippen LogP contribution < -0.4 is 0 Å². The van der Waals surface area contributed by atoms with E-state index in [4.69, 9.17) is 10.7 Å². The summed E-state index contributed by atoms with van der Waals surface area (Å²) in [5.74, 6) is 0.823. The van der Waals surface area contributed by atoms with Crippen molar-refractivity contribution < 1.29 is 8.42 Å². The van der Waals surface area contributed by atoms with Gasteiger partial charge in [0.2, 0.25) is 0 Å². The van der Waals surface area contributed by atoms with Crippen molar-refractivity contribution in [2.75, 3.05) is 5.75 Å². The monoisotopic (exact) mass is 236 g/mol. The maximum absolute atomic E-state index is 11.1. The van der Waals surface area contributed by atoms with Crippen LogP contribution in [-0.4, -0.2) is 14.2 Å². The first kappa shape index (κ1) is 10.9. The minimum absolute atomic E-state index is 0.198. The molecule has 2 nitrogen and oxygen atoms in total. The summed E-state index contributed by atoms with van der Waals surface area (Å²) in [5.41, 5.74) is 0. The van der Waals surface area contributed by atoms with Crippen LogP contribution in [0.5, 0.6) is 0 Å². The van der Waals surface area contributed by atoms with Gasteiger partial charge < -0.3 is 0 Å². The molecule has 0 spiro atoms. The van der Waals surface area contributed by atoms with Crippen molar-refractivity contribution in [1.29, 1.82) is 0 Å². The van der Waals surface area contributed by atoms with Crippen LogP contribution in [0.4, 0.5) is 0 Å². The van der Waals surface area contributed by atoms with Gasteiger partial charge in [-0.15, -0.1) is 11.8 Å². The summed E-state index contributed by atoms with van der Waals surface area (Å²) in [4.78, 5) is 0.906. The van der Waals surface area contributed by atoms with Crippen molar-refractivity contribution in [2.45, 2.75) is 16.7 Å². The molecule has 0 aromatic heterocycles. The summed E-state index contributed by atoms with van der Waals surface area (Å²) < 4.78 is 22.2. The van der Waals surface area contributed by atoms with Gasteiger partial charge in [-0.2, -0.15) is 0 Å². The van der Waals surface area contributed by atoms with E-state index in [1.165, 1.54) is 17.8 Å². The van der Waals surface area contributed by atoms with E-state index in [9.17, 15) is 8.42 Å². The Labute approximate surface area is 86.7 Å². The molecule has 0 fully saturated rings. The van der Waals surface area contributed by atoms with Crippen molar-refractivity contribution in [3.63, 3.8) is 0 Å². The van der Waals surface area contributed by atoms with E-state index in [0.717, 1.165) is 5.75 Å². The highest BCUT2D eigenvalue weighted by atomic mass is 35.7. The SMILES string of the molecule is CCSc1ccccc1S(=O)(=O)Cl. The smallest absolute Gasteiger partial charge is 0.207 e. The summed E-state index contributed by atoms with van der Waals surface area (Å²) in [7, 11) is 1.65. The quantitative estimate of drug-likeness (QED) is 0.598. The first-order chi connectivity index (χ1) is 6.05. The molecule has 5 heteroatoms. The minimum atomic E-state index is -3.60. The van der Waals surface area contributed by atoms with Crippen LogP contribution in [0.1, 0.15) is 6.92 Å². The standard InChI is InChI=1S/C8H9ClO2S2/c1-2-12-7-5-3-4-6-8(7)13(9,10)11/h3-6H,2H2,1H3. The van der Waals surface area contributed by atoms with Gasteiger partial charge in [0.15, 0.2) is 0 Å². The van der Waals surface area contributed by atoms with E-state index in [1.54, 1.807) is 18.2 Å². The molecule has 1 aromatic carbocycles. The van der Waals surface area contributed by atoms with Crippen LogP contribution in [0, 0.1) is 0 Å². The van der Waals surface area contributed by atoms with Crippen LogP contribution in [0.15, 0.2) is 34.1 Å². The fraction of sp³-hybridized carbons (Fsp3) is 0.250.